The molecule has 1 rings (SSSR count). The van der Waals surface area contributed by atoms with Gasteiger partial charge < -0.3 is 11.5 Å². The van der Waals surface area contributed by atoms with Crippen LogP contribution >= 0.6 is 27.3 Å². The second-order valence-electron chi connectivity index (χ2n) is 3.08. The minimum Gasteiger partial charge on any atom is -0.330 e. The fourth-order valence-electron chi connectivity index (χ4n) is 1.16. The number of aryl methyl sites for hydroxylation is 1. The standard InChI is InChI=1S/C9H15BrN2S/c10-9-4-3-8(13-9)2-1-7(5-11)6-12/h3-4,7H,1-2,5-6,11-12H2. The van der Waals surface area contributed by atoms with E-state index in [1.165, 1.54) is 8.66 Å². The molecule has 4 N–H and O–H groups in total. The number of thiophene rings is 1. The summed E-state index contributed by atoms with van der Waals surface area (Å²) in [4.78, 5) is 1.40. The van der Waals surface area contributed by atoms with Crippen molar-refractivity contribution in [3.8, 4) is 0 Å². The van der Waals surface area contributed by atoms with Crippen molar-refractivity contribution < 1.29 is 0 Å². The van der Waals surface area contributed by atoms with Crippen molar-refractivity contribution in [2.75, 3.05) is 13.1 Å². The fourth-order valence-corrected chi connectivity index (χ4v) is 2.66. The zero-order valence-electron chi connectivity index (χ0n) is 7.50. The molecule has 0 fully saturated rings. The summed E-state index contributed by atoms with van der Waals surface area (Å²) < 4.78 is 1.19. The van der Waals surface area contributed by atoms with E-state index in [0.29, 0.717) is 19.0 Å². The largest absolute Gasteiger partial charge is 0.330 e. The molecule has 0 radical (unpaired) electrons. The SMILES string of the molecule is NCC(CN)CCc1ccc(Br)s1. The Morgan fingerprint density at radius 1 is 1.31 bits per heavy atom. The molecule has 0 atom stereocenters. The normalized spacial score (nSPS) is 11.1. The van der Waals surface area contributed by atoms with Crippen molar-refractivity contribution in [2.45, 2.75) is 12.8 Å². The highest BCUT2D eigenvalue weighted by Crippen LogP contribution is 2.23. The molecule has 74 valence electrons. The Morgan fingerprint density at radius 3 is 2.46 bits per heavy atom. The van der Waals surface area contributed by atoms with Crippen LogP contribution in [-0.2, 0) is 6.42 Å². The molecule has 0 aliphatic heterocycles. The predicted molar refractivity (Wildman–Crippen MR) is 61.9 cm³/mol. The Kier molecular flexibility index (Phi) is 4.94. The molecule has 0 unspecified atom stereocenters. The molecule has 1 aromatic rings. The van der Waals surface area contributed by atoms with E-state index in [4.69, 9.17) is 11.5 Å². The Morgan fingerprint density at radius 2 is 2.00 bits per heavy atom. The zero-order chi connectivity index (χ0) is 9.68. The average Bonchev–Trinajstić information content (AvgIpc) is 2.53. The molecule has 1 aromatic heterocycles. The molecule has 0 saturated heterocycles. The summed E-state index contributed by atoms with van der Waals surface area (Å²) >= 11 is 5.23. The summed E-state index contributed by atoms with van der Waals surface area (Å²) in [5.74, 6) is 0.473. The molecular weight excluding hydrogens is 248 g/mol. The molecular formula is C9H15BrN2S. The van der Waals surface area contributed by atoms with Gasteiger partial charge in [-0.2, -0.15) is 0 Å². The quantitative estimate of drug-likeness (QED) is 0.853. The lowest BCUT2D eigenvalue weighted by molar-refractivity contribution is 0.509. The Balaban J connectivity index is 2.33. The fraction of sp³-hybridized carbons (Fsp3) is 0.556. The maximum absolute atomic E-state index is 5.57. The average molecular weight is 263 g/mol. The van der Waals surface area contributed by atoms with E-state index in [1.807, 2.05) is 0 Å². The smallest absolute Gasteiger partial charge is 0.0701 e. The molecule has 4 heteroatoms. The van der Waals surface area contributed by atoms with Gasteiger partial charge in [-0.25, -0.2) is 0 Å². The summed E-state index contributed by atoms with van der Waals surface area (Å²) in [6, 6.07) is 4.23. The van der Waals surface area contributed by atoms with Gasteiger partial charge >= 0.3 is 0 Å². The van der Waals surface area contributed by atoms with Gasteiger partial charge in [-0.05, 0) is 59.9 Å². The molecule has 0 bridgehead atoms. The lowest BCUT2D eigenvalue weighted by Crippen LogP contribution is -2.23. The number of nitrogens with two attached hydrogens (primary N) is 2. The molecule has 1 heterocycles. The Labute approximate surface area is 91.4 Å². The van der Waals surface area contributed by atoms with Crippen molar-refractivity contribution in [1.82, 2.24) is 0 Å². The molecule has 2 nitrogen and oxygen atoms in total. The molecule has 0 aromatic carbocycles. The highest BCUT2D eigenvalue weighted by Gasteiger charge is 2.05. The first-order chi connectivity index (χ1) is 6.26. The molecule has 0 aliphatic rings. The van der Waals surface area contributed by atoms with Crippen LogP contribution in [0.15, 0.2) is 15.9 Å². The van der Waals surface area contributed by atoms with Gasteiger partial charge in [0.15, 0.2) is 0 Å². The van der Waals surface area contributed by atoms with Crippen molar-refractivity contribution in [2.24, 2.45) is 17.4 Å². The van der Waals surface area contributed by atoms with Crippen LogP contribution < -0.4 is 11.5 Å². The minimum atomic E-state index is 0.473. The first kappa shape index (κ1) is 11.2. The van der Waals surface area contributed by atoms with E-state index in [-0.39, 0.29) is 0 Å². The highest BCUT2D eigenvalue weighted by molar-refractivity contribution is 9.11. The maximum Gasteiger partial charge on any atom is 0.0701 e. The Hall–Kier alpha value is 0.1000. The van der Waals surface area contributed by atoms with Crippen LogP contribution in [0.1, 0.15) is 11.3 Å². The van der Waals surface area contributed by atoms with E-state index >= 15 is 0 Å². The van der Waals surface area contributed by atoms with E-state index in [0.717, 1.165) is 12.8 Å². The summed E-state index contributed by atoms with van der Waals surface area (Å²) in [7, 11) is 0. The highest BCUT2D eigenvalue weighted by atomic mass is 79.9. The summed E-state index contributed by atoms with van der Waals surface area (Å²) in [5, 5.41) is 0. The molecule has 0 saturated carbocycles. The summed E-state index contributed by atoms with van der Waals surface area (Å²) in [6.45, 7) is 1.39. The Bertz CT molecular complexity index is 246. The second-order valence-corrected chi connectivity index (χ2v) is 5.63. The van der Waals surface area contributed by atoms with Crippen LogP contribution in [0.25, 0.3) is 0 Å². The number of rotatable bonds is 5. The van der Waals surface area contributed by atoms with Crippen molar-refractivity contribution in [3.05, 3.63) is 20.8 Å². The molecule has 13 heavy (non-hydrogen) atoms. The van der Waals surface area contributed by atoms with Gasteiger partial charge in [0, 0.05) is 4.88 Å². The van der Waals surface area contributed by atoms with Gasteiger partial charge in [0.1, 0.15) is 0 Å². The third kappa shape index (κ3) is 3.77. The van der Waals surface area contributed by atoms with Crippen LogP contribution in [-0.4, -0.2) is 13.1 Å². The van der Waals surface area contributed by atoms with Crippen molar-refractivity contribution in [1.29, 1.82) is 0 Å². The van der Waals surface area contributed by atoms with Crippen LogP contribution in [0.3, 0.4) is 0 Å². The number of hydrogen-bond acceptors (Lipinski definition) is 3. The van der Waals surface area contributed by atoms with E-state index < -0.39 is 0 Å². The van der Waals surface area contributed by atoms with Crippen molar-refractivity contribution >= 4 is 27.3 Å². The number of halogens is 1. The van der Waals surface area contributed by atoms with Gasteiger partial charge in [-0.3, -0.25) is 0 Å². The topological polar surface area (TPSA) is 52.0 Å². The minimum absolute atomic E-state index is 0.473. The van der Waals surface area contributed by atoms with Gasteiger partial charge in [-0.15, -0.1) is 11.3 Å². The van der Waals surface area contributed by atoms with Crippen LogP contribution in [0, 0.1) is 5.92 Å². The van der Waals surface area contributed by atoms with Gasteiger partial charge in [-0.1, -0.05) is 0 Å². The van der Waals surface area contributed by atoms with Gasteiger partial charge in [0.25, 0.3) is 0 Å². The monoisotopic (exact) mass is 262 g/mol. The summed E-state index contributed by atoms with van der Waals surface area (Å²) in [5.41, 5.74) is 11.1. The van der Waals surface area contributed by atoms with Crippen LogP contribution in [0.4, 0.5) is 0 Å². The van der Waals surface area contributed by atoms with Crippen molar-refractivity contribution in [3.63, 3.8) is 0 Å². The van der Waals surface area contributed by atoms with Crippen LogP contribution in [0.2, 0.25) is 0 Å². The summed E-state index contributed by atoms with van der Waals surface area (Å²) in [6.07, 6.45) is 2.19. The maximum atomic E-state index is 5.57. The first-order valence-corrected chi connectivity index (χ1v) is 6.01. The first-order valence-electron chi connectivity index (χ1n) is 4.40. The zero-order valence-corrected chi connectivity index (χ0v) is 9.90. The van der Waals surface area contributed by atoms with E-state index in [1.54, 1.807) is 11.3 Å². The predicted octanol–water partition coefficient (Wildman–Crippen LogP) is 1.98. The second kappa shape index (κ2) is 5.75. The number of hydrogen-bond donors (Lipinski definition) is 2. The lowest BCUT2D eigenvalue weighted by atomic mass is 10.0. The third-order valence-corrected chi connectivity index (χ3v) is 3.78. The molecule has 0 aliphatic carbocycles. The van der Waals surface area contributed by atoms with Gasteiger partial charge in [0.2, 0.25) is 0 Å². The lowest BCUT2D eigenvalue weighted by Gasteiger charge is -2.09. The molecule has 0 spiro atoms. The molecule has 0 amide bonds. The third-order valence-electron chi connectivity index (χ3n) is 2.09. The van der Waals surface area contributed by atoms with E-state index in [2.05, 4.69) is 28.1 Å². The van der Waals surface area contributed by atoms with Crippen LogP contribution in [0.5, 0.6) is 0 Å². The van der Waals surface area contributed by atoms with Gasteiger partial charge in [0.05, 0.1) is 3.79 Å². The van der Waals surface area contributed by atoms with E-state index in [9.17, 15) is 0 Å².